The number of nitrogens with one attached hydrogen (secondary N) is 1. The van der Waals surface area contributed by atoms with Gasteiger partial charge in [-0.3, -0.25) is 4.79 Å². The number of hydrogen-bond acceptors (Lipinski definition) is 2. The first kappa shape index (κ1) is 14.2. The molecule has 0 spiro atoms. The monoisotopic (exact) mass is 300 g/mol. The van der Waals surface area contributed by atoms with E-state index in [1.165, 1.54) is 18.2 Å². The van der Waals surface area contributed by atoms with E-state index in [0.717, 1.165) is 6.07 Å². The van der Waals surface area contributed by atoms with Crippen LogP contribution in [0.25, 0.3) is 0 Å². The van der Waals surface area contributed by atoms with Crippen molar-refractivity contribution in [2.45, 2.75) is 0 Å². The minimum atomic E-state index is -1.70. The number of amides is 1. The molecule has 20 heavy (non-hydrogen) atoms. The normalized spacial score (nSPS) is 10.4. The van der Waals surface area contributed by atoms with Crippen LogP contribution < -0.4 is 11.1 Å². The van der Waals surface area contributed by atoms with E-state index >= 15 is 0 Å². The topological polar surface area (TPSA) is 55.1 Å². The fraction of sp³-hybridized carbons (Fsp3) is 0. The van der Waals surface area contributed by atoms with Gasteiger partial charge in [-0.2, -0.15) is 0 Å². The summed E-state index contributed by atoms with van der Waals surface area (Å²) in [6, 6.07) is 5.76. The molecule has 0 aromatic heterocycles. The van der Waals surface area contributed by atoms with Gasteiger partial charge >= 0.3 is 0 Å². The van der Waals surface area contributed by atoms with Crippen LogP contribution in [0.5, 0.6) is 0 Å². The molecule has 2 rings (SSSR count). The van der Waals surface area contributed by atoms with E-state index in [2.05, 4.69) is 5.32 Å². The van der Waals surface area contributed by atoms with Crippen LogP contribution in [0.3, 0.4) is 0 Å². The molecule has 7 heteroatoms. The van der Waals surface area contributed by atoms with E-state index < -0.39 is 28.9 Å². The van der Waals surface area contributed by atoms with Gasteiger partial charge in [-0.1, -0.05) is 11.6 Å². The van der Waals surface area contributed by atoms with Gasteiger partial charge in [0.1, 0.15) is 0 Å². The number of nitrogen functional groups attached to an aromatic ring is 1. The van der Waals surface area contributed by atoms with Gasteiger partial charge in [0.2, 0.25) is 0 Å². The Bertz CT molecular complexity index is 692. The Morgan fingerprint density at radius 1 is 1.10 bits per heavy atom. The van der Waals surface area contributed by atoms with Gasteiger partial charge in [0.25, 0.3) is 5.91 Å². The molecular formula is C13H8ClF3N2O. The van der Waals surface area contributed by atoms with Crippen molar-refractivity contribution in [1.29, 1.82) is 0 Å². The first-order chi connectivity index (χ1) is 9.40. The standard InChI is InChI=1S/C13H8ClF3N2O/c14-8-5-6(1-4-10(8)18)19-13(20)7-2-3-9(15)12(17)11(7)16/h1-5H,18H2,(H,19,20). The van der Waals surface area contributed by atoms with Crippen LogP contribution in [-0.4, -0.2) is 5.91 Å². The third kappa shape index (κ3) is 2.70. The van der Waals surface area contributed by atoms with Gasteiger partial charge in [0, 0.05) is 5.69 Å². The second-order valence-corrected chi connectivity index (χ2v) is 4.32. The second-order valence-electron chi connectivity index (χ2n) is 3.91. The van der Waals surface area contributed by atoms with Gasteiger partial charge in [0.05, 0.1) is 16.3 Å². The summed E-state index contributed by atoms with van der Waals surface area (Å²) in [5.74, 6) is -5.55. The molecule has 0 fully saturated rings. The summed E-state index contributed by atoms with van der Waals surface area (Å²) in [5, 5.41) is 2.51. The predicted octanol–water partition coefficient (Wildman–Crippen LogP) is 3.59. The first-order valence-electron chi connectivity index (χ1n) is 5.40. The largest absolute Gasteiger partial charge is 0.398 e. The van der Waals surface area contributed by atoms with Gasteiger partial charge in [-0.05, 0) is 30.3 Å². The zero-order valence-corrected chi connectivity index (χ0v) is 10.6. The molecule has 3 nitrogen and oxygen atoms in total. The number of hydrogen-bond donors (Lipinski definition) is 2. The Morgan fingerprint density at radius 3 is 2.45 bits per heavy atom. The van der Waals surface area contributed by atoms with Crippen molar-refractivity contribution in [2.75, 3.05) is 11.1 Å². The van der Waals surface area contributed by atoms with Gasteiger partial charge < -0.3 is 11.1 Å². The van der Waals surface area contributed by atoms with Crippen LogP contribution >= 0.6 is 11.6 Å². The summed E-state index contributed by atoms with van der Waals surface area (Å²) in [7, 11) is 0. The van der Waals surface area contributed by atoms with Crippen molar-refractivity contribution in [3.05, 3.63) is 58.4 Å². The maximum absolute atomic E-state index is 13.4. The summed E-state index contributed by atoms with van der Waals surface area (Å²) in [6.45, 7) is 0. The summed E-state index contributed by atoms with van der Waals surface area (Å²) < 4.78 is 39.2. The molecule has 0 aliphatic carbocycles. The number of anilines is 2. The average Bonchev–Trinajstić information content (AvgIpc) is 2.40. The summed E-state index contributed by atoms with van der Waals surface area (Å²) in [4.78, 5) is 11.8. The molecule has 0 aliphatic rings. The molecule has 0 unspecified atom stereocenters. The zero-order valence-electron chi connectivity index (χ0n) is 9.88. The van der Waals surface area contributed by atoms with Crippen LogP contribution in [0.1, 0.15) is 10.4 Å². The lowest BCUT2D eigenvalue weighted by Crippen LogP contribution is -2.15. The van der Waals surface area contributed by atoms with Crippen molar-refractivity contribution in [3.63, 3.8) is 0 Å². The zero-order chi connectivity index (χ0) is 14.9. The SMILES string of the molecule is Nc1ccc(NC(=O)c2ccc(F)c(F)c2F)cc1Cl. The molecule has 0 saturated heterocycles. The van der Waals surface area contributed by atoms with Crippen molar-refractivity contribution in [2.24, 2.45) is 0 Å². The Balaban J connectivity index is 2.28. The highest BCUT2D eigenvalue weighted by Crippen LogP contribution is 2.23. The van der Waals surface area contributed by atoms with Crippen molar-refractivity contribution in [1.82, 2.24) is 0 Å². The van der Waals surface area contributed by atoms with E-state index in [1.807, 2.05) is 0 Å². The number of carbonyl (C=O) groups is 1. The van der Waals surface area contributed by atoms with Gasteiger partial charge in [0.15, 0.2) is 17.5 Å². The van der Waals surface area contributed by atoms with E-state index in [0.29, 0.717) is 11.8 Å². The third-order valence-corrected chi connectivity index (χ3v) is 2.87. The number of carbonyl (C=O) groups excluding carboxylic acids is 1. The van der Waals surface area contributed by atoms with Crippen LogP contribution in [0.2, 0.25) is 5.02 Å². The average molecular weight is 301 g/mol. The molecule has 0 saturated carbocycles. The summed E-state index contributed by atoms with van der Waals surface area (Å²) in [6.07, 6.45) is 0. The van der Waals surface area contributed by atoms with Crippen LogP contribution in [0.15, 0.2) is 30.3 Å². The Kier molecular flexibility index (Phi) is 3.85. The highest BCUT2D eigenvalue weighted by atomic mass is 35.5. The second kappa shape index (κ2) is 5.42. The third-order valence-electron chi connectivity index (χ3n) is 2.54. The minimum Gasteiger partial charge on any atom is -0.398 e. The Hall–Kier alpha value is -2.21. The number of halogens is 4. The summed E-state index contributed by atoms with van der Waals surface area (Å²) in [5.41, 5.74) is 5.44. The fourth-order valence-electron chi connectivity index (χ4n) is 1.50. The van der Waals surface area contributed by atoms with E-state index in [-0.39, 0.29) is 10.7 Å². The molecule has 2 aromatic carbocycles. The lowest BCUT2D eigenvalue weighted by molar-refractivity contribution is 0.102. The van der Waals surface area contributed by atoms with Crippen LogP contribution in [0, 0.1) is 17.5 Å². The molecule has 0 bridgehead atoms. The maximum atomic E-state index is 13.4. The fourth-order valence-corrected chi connectivity index (χ4v) is 1.69. The molecule has 0 atom stereocenters. The van der Waals surface area contributed by atoms with Gasteiger partial charge in [-0.25, -0.2) is 13.2 Å². The van der Waals surface area contributed by atoms with Crippen LogP contribution in [-0.2, 0) is 0 Å². The minimum absolute atomic E-state index is 0.202. The quantitative estimate of drug-likeness (QED) is 0.658. The van der Waals surface area contributed by atoms with E-state index in [9.17, 15) is 18.0 Å². The lowest BCUT2D eigenvalue weighted by atomic mass is 10.1. The molecule has 0 radical (unpaired) electrons. The highest BCUT2D eigenvalue weighted by molar-refractivity contribution is 6.33. The highest BCUT2D eigenvalue weighted by Gasteiger charge is 2.18. The van der Waals surface area contributed by atoms with Crippen LogP contribution in [0.4, 0.5) is 24.5 Å². The molecule has 3 N–H and O–H groups in total. The number of rotatable bonds is 2. The smallest absolute Gasteiger partial charge is 0.258 e. The number of nitrogens with two attached hydrogens (primary N) is 1. The lowest BCUT2D eigenvalue weighted by Gasteiger charge is -2.08. The molecule has 2 aromatic rings. The number of benzene rings is 2. The molecule has 1 amide bonds. The molecule has 0 heterocycles. The summed E-state index contributed by atoms with van der Waals surface area (Å²) >= 11 is 5.76. The van der Waals surface area contributed by atoms with Crippen molar-refractivity contribution >= 4 is 28.9 Å². The Morgan fingerprint density at radius 2 is 1.80 bits per heavy atom. The molecular weight excluding hydrogens is 293 g/mol. The van der Waals surface area contributed by atoms with E-state index in [1.54, 1.807) is 0 Å². The van der Waals surface area contributed by atoms with Gasteiger partial charge in [-0.15, -0.1) is 0 Å². The first-order valence-corrected chi connectivity index (χ1v) is 5.78. The maximum Gasteiger partial charge on any atom is 0.258 e. The molecule has 104 valence electrons. The van der Waals surface area contributed by atoms with Crippen molar-refractivity contribution in [3.8, 4) is 0 Å². The van der Waals surface area contributed by atoms with E-state index in [4.69, 9.17) is 17.3 Å². The van der Waals surface area contributed by atoms with Crippen molar-refractivity contribution < 1.29 is 18.0 Å². The Labute approximate surface area is 117 Å². The molecule has 0 aliphatic heterocycles. The predicted molar refractivity (Wildman–Crippen MR) is 70.1 cm³/mol.